The molecule has 8 heteroatoms. The van der Waals surface area contributed by atoms with Gasteiger partial charge in [-0.3, -0.25) is 0 Å². The molecule has 25 heavy (non-hydrogen) atoms. The monoisotopic (exact) mass is 341 g/mol. The van der Waals surface area contributed by atoms with E-state index in [0.29, 0.717) is 28.8 Å². The Kier molecular flexibility index (Phi) is 4.42. The fourth-order valence-electron chi connectivity index (χ4n) is 2.51. The van der Waals surface area contributed by atoms with Crippen molar-refractivity contribution >= 4 is 17.4 Å². The average molecular weight is 341 g/mol. The van der Waals surface area contributed by atoms with Crippen LogP contribution in [0.25, 0.3) is 11.5 Å². The van der Waals surface area contributed by atoms with Crippen molar-refractivity contribution in [2.75, 3.05) is 17.7 Å². The van der Waals surface area contributed by atoms with Crippen LogP contribution in [0.15, 0.2) is 34.9 Å². The lowest BCUT2D eigenvalue weighted by molar-refractivity contribution is 0.262. The molecule has 3 aromatic rings. The van der Waals surface area contributed by atoms with Crippen LogP contribution in [0.4, 0.5) is 16.2 Å². The van der Waals surface area contributed by atoms with Gasteiger partial charge in [0.15, 0.2) is 0 Å². The van der Waals surface area contributed by atoms with Gasteiger partial charge in [-0.15, -0.1) is 0 Å². The van der Waals surface area contributed by atoms with Crippen LogP contribution < -0.4 is 15.4 Å². The zero-order valence-corrected chi connectivity index (χ0v) is 14.5. The molecule has 130 valence electrons. The average Bonchev–Trinajstić information content (AvgIpc) is 3.11. The minimum Gasteiger partial charge on any atom is -0.480 e. The summed E-state index contributed by atoms with van der Waals surface area (Å²) in [5.74, 6) is 1.72. The standard InChI is InChI=1S/C17H19N5O3/c1-10-9-18-15(25-10)12-6-5-7-13(8-12)19-17(23)20-14-11(2)21-22(3)16(14)24-4/h5-9H,1-4H3,(H2,19,20,23). The summed E-state index contributed by atoms with van der Waals surface area (Å²) in [6, 6.07) is 6.86. The number of hydrogen-bond donors (Lipinski definition) is 2. The first-order valence-electron chi connectivity index (χ1n) is 7.66. The number of ether oxygens (including phenoxy) is 1. The van der Waals surface area contributed by atoms with Crippen molar-refractivity contribution in [2.45, 2.75) is 13.8 Å². The molecule has 0 aliphatic carbocycles. The number of aromatic nitrogens is 3. The van der Waals surface area contributed by atoms with Crippen molar-refractivity contribution in [3.05, 3.63) is 41.9 Å². The fraction of sp³-hybridized carbons (Fsp3) is 0.235. The lowest BCUT2D eigenvalue weighted by atomic mass is 10.2. The van der Waals surface area contributed by atoms with Crippen LogP contribution in [0.3, 0.4) is 0 Å². The molecule has 0 fully saturated rings. The van der Waals surface area contributed by atoms with Crippen molar-refractivity contribution in [3.63, 3.8) is 0 Å². The molecule has 2 heterocycles. The number of nitrogens with one attached hydrogen (secondary N) is 2. The van der Waals surface area contributed by atoms with Gasteiger partial charge in [0.2, 0.25) is 11.8 Å². The molecular weight excluding hydrogens is 322 g/mol. The second-order valence-corrected chi connectivity index (χ2v) is 5.53. The van der Waals surface area contributed by atoms with E-state index in [0.717, 1.165) is 11.3 Å². The second kappa shape index (κ2) is 6.68. The molecule has 8 nitrogen and oxygen atoms in total. The predicted molar refractivity (Wildman–Crippen MR) is 93.8 cm³/mol. The summed E-state index contributed by atoms with van der Waals surface area (Å²) < 4.78 is 12.3. The second-order valence-electron chi connectivity index (χ2n) is 5.53. The minimum atomic E-state index is -0.393. The Morgan fingerprint density at radius 2 is 2.08 bits per heavy atom. The minimum absolute atomic E-state index is 0.393. The zero-order valence-electron chi connectivity index (χ0n) is 14.5. The summed E-state index contributed by atoms with van der Waals surface area (Å²) in [4.78, 5) is 16.5. The van der Waals surface area contributed by atoms with E-state index in [1.807, 2.05) is 19.1 Å². The van der Waals surface area contributed by atoms with Crippen LogP contribution in [0.2, 0.25) is 0 Å². The van der Waals surface area contributed by atoms with Crippen molar-refractivity contribution in [3.8, 4) is 17.3 Å². The van der Waals surface area contributed by atoms with Crippen molar-refractivity contribution in [1.82, 2.24) is 14.8 Å². The highest BCUT2D eigenvalue weighted by Crippen LogP contribution is 2.27. The van der Waals surface area contributed by atoms with Gasteiger partial charge in [0.25, 0.3) is 0 Å². The molecular formula is C17H19N5O3. The zero-order chi connectivity index (χ0) is 18.0. The number of urea groups is 1. The maximum atomic E-state index is 12.3. The highest BCUT2D eigenvalue weighted by Gasteiger charge is 2.16. The summed E-state index contributed by atoms with van der Waals surface area (Å²) in [6.45, 7) is 3.62. The number of aryl methyl sites for hydroxylation is 3. The highest BCUT2D eigenvalue weighted by atomic mass is 16.5. The van der Waals surface area contributed by atoms with E-state index in [-0.39, 0.29) is 0 Å². The largest absolute Gasteiger partial charge is 0.480 e. The third-order valence-corrected chi connectivity index (χ3v) is 3.59. The van der Waals surface area contributed by atoms with Gasteiger partial charge in [-0.25, -0.2) is 14.5 Å². The molecule has 0 aliphatic heterocycles. The number of methoxy groups -OCH3 is 1. The van der Waals surface area contributed by atoms with Crippen molar-refractivity contribution in [1.29, 1.82) is 0 Å². The summed E-state index contributed by atoms with van der Waals surface area (Å²) in [5.41, 5.74) is 2.59. The summed E-state index contributed by atoms with van der Waals surface area (Å²) >= 11 is 0. The molecule has 0 atom stereocenters. The van der Waals surface area contributed by atoms with Crippen LogP contribution in [0, 0.1) is 13.8 Å². The maximum Gasteiger partial charge on any atom is 0.323 e. The number of oxazole rings is 1. The van der Waals surface area contributed by atoms with Crippen molar-refractivity contribution < 1.29 is 13.9 Å². The molecule has 2 aromatic heterocycles. The molecule has 0 bridgehead atoms. The number of nitrogens with zero attached hydrogens (tertiary/aromatic N) is 3. The molecule has 0 saturated heterocycles. The summed E-state index contributed by atoms with van der Waals surface area (Å²) in [5, 5.41) is 9.77. The normalized spacial score (nSPS) is 10.6. The van der Waals surface area contributed by atoms with E-state index < -0.39 is 6.03 Å². The van der Waals surface area contributed by atoms with E-state index in [4.69, 9.17) is 9.15 Å². The number of carbonyl (C=O) groups excluding carboxylic acids is 1. The van der Waals surface area contributed by atoms with E-state index >= 15 is 0 Å². The molecule has 2 N–H and O–H groups in total. The fourth-order valence-corrected chi connectivity index (χ4v) is 2.51. The van der Waals surface area contributed by atoms with Gasteiger partial charge in [0, 0.05) is 18.3 Å². The number of benzene rings is 1. The molecule has 0 saturated carbocycles. The Hall–Kier alpha value is -3.29. The van der Waals surface area contributed by atoms with Gasteiger partial charge < -0.3 is 19.8 Å². The van der Waals surface area contributed by atoms with Gasteiger partial charge >= 0.3 is 6.03 Å². The Balaban J connectivity index is 1.76. The van der Waals surface area contributed by atoms with E-state index in [2.05, 4.69) is 20.7 Å². The number of rotatable bonds is 4. The topological polar surface area (TPSA) is 94.2 Å². The first-order valence-corrected chi connectivity index (χ1v) is 7.66. The number of hydrogen-bond acceptors (Lipinski definition) is 5. The number of carbonyl (C=O) groups is 1. The van der Waals surface area contributed by atoms with E-state index in [1.54, 1.807) is 37.0 Å². The first-order chi connectivity index (χ1) is 12.0. The third kappa shape index (κ3) is 3.47. The van der Waals surface area contributed by atoms with Crippen molar-refractivity contribution in [2.24, 2.45) is 7.05 Å². The van der Waals surface area contributed by atoms with Crippen LogP contribution in [0.5, 0.6) is 5.88 Å². The lowest BCUT2D eigenvalue weighted by Gasteiger charge is -2.09. The first kappa shape index (κ1) is 16.6. The van der Waals surface area contributed by atoms with Gasteiger partial charge in [-0.1, -0.05) is 6.07 Å². The van der Waals surface area contributed by atoms with Gasteiger partial charge in [-0.05, 0) is 32.0 Å². The Labute approximate surface area is 144 Å². The van der Waals surface area contributed by atoms with Crippen LogP contribution in [-0.4, -0.2) is 27.9 Å². The maximum absolute atomic E-state index is 12.3. The Bertz CT molecular complexity index is 913. The Morgan fingerprint density at radius 3 is 2.76 bits per heavy atom. The molecule has 0 spiro atoms. The SMILES string of the molecule is COc1c(NC(=O)Nc2cccc(-c3ncc(C)o3)c2)c(C)nn1C. The highest BCUT2D eigenvalue weighted by molar-refractivity contribution is 6.01. The molecule has 2 amide bonds. The van der Waals surface area contributed by atoms with Crippen LogP contribution in [0.1, 0.15) is 11.5 Å². The Morgan fingerprint density at radius 1 is 1.28 bits per heavy atom. The summed E-state index contributed by atoms with van der Waals surface area (Å²) in [6.07, 6.45) is 1.65. The van der Waals surface area contributed by atoms with Crippen LogP contribution in [-0.2, 0) is 7.05 Å². The molecule has 0 unspecified atom stereocenters. The summed E-state index contributed by atoms with van der Waals surface area (Å²) in [7, 11) is 3.28. The quantitative estimate of drug-likeness (QED) is 0.759. The molecule has 3 rings (SSSR count). The molecule has 0 radical (unpaired) electrons. The van der Waals surface area contributed by atoms with E-state index in [9.17, 15) is 4.79 Å². The van der Waals surface area contributed by atoms with Gasteiger partial charge in [0.05, 0.1) is 19.0 Å². The lowest BCUT2D eigenvalue weighted by Crippen LogP contribution is -2.20. The predicted octanol–water partition coefficient (Wildman–Crippen LogP) is 3.34. The number of anilines is 2. The third-order valence-electron chi connectivity index (χ3n) is 3.59. The smallest absolute Gasteiger partial charge is 0.323 e. The van der Waals surface area contributed by atoms with Crippen LogP contribution >= 0.6 is 0 Å². The molecule has 0 aliphatic rings. The van der Waals surface area contributed by atoms with E-state index in [1.165, 1.54) is 7.11 Å². The molecule has 1 aromatic carbocycles. The van der Waals surface area contributed by atoms with Gasteiger partial charge in [-0.2, -0.15) is 5.10 Å². The van der Waals surface area contributed by atoms with Gasteiger partial charge in [0.1, 0.15) is 11.4 Å². The number of amides is 2.